The summed E-state index contributed by atoms with van der Waals surface area (Å²) in [6.07, 6.45) is 19.7. The molecule has 0 radical (unpaired) electrons. The molecular formula is C23H34B2N2O. The van der Waals surface area contributed by atoms with Crippen molar-refractivity contribution in [3.05, 3.63) is 30.5 Å². The molecule has 3 nitrogen and oxygen atoms in total. The van der Waals surface area contributed by atoms with Crippen LogP contribution in [0.15, 0.2) is 30.5 Å². The van der Waals surface area contributed by atoms with Crippen molar-refractivity contribution < 1.29 is 9.16 Å². The van der Waals surface area contributed by atoms with Crippen molar-refractivity contribution in [1.29, 1.82) is 0 Å². The SMILES string of the molecule is c1ccc2c(c1)c[n+]1n2[B-]2([OH+][B-]13C1CCCC3CCC1)C1CCCC2CCC1. The van der Waals surface area contributed by atoms with Crippen LogP contribution in [0.5, 0.6) is 0 Å². The highest BCUT2D eigenvalue weighted by atomic mass is 16.5. The lowest BCUT2D eigenvalue weighted by Gasteiger charge is -2.56. The van der Waals surface area contributed by atoms with E-state index in [9.17, 15) is 0 Å². The fraction of sp³-hybridized carbons (Fsp3) is 0.696. The summed E-state index contributed by atoms with van der Waals surface area (Å²) >= 11 is 0. The number of hydrogen-bond donors (Lipinski definition) is 0. The summed E-state index contributed by atoms with van der Waals surface area (Å²) in [5.41, 5.74) is 1.49. The van der Waals surface area contributed by atoms with Gasteiger partial charge in [0.2, 0.25) is 0 Å². The highest BCUT2D eigenvalue weighted by molar-refractivity contribution is 6.87. The minimum absolute atomic E-state index is 0.792. The van der Waals surface area contributed by atoms with Crippen molar-refractivity contribution in [3.63, 3.8) is 0 Å². The smallest absolute Gasteiger partial charge is 0.540 e. The normalized spacial score (nSPS) is 44.3. The predicted molar refractivity (Wildman–Crippen MR) is 117 cm³/mol. The lowest BCUT2D eigenvalue weighted by molar-refractivity contribution is -0.628. The van der Waals surface area contributed by atoms with Gasteiger partial charge in [-0.15, -0.1) is 0 Å². The molecule has 0 amide bonds. The first-order chi connectivity index (χ1) is 13.8. The van der Waals surface area contributed by atoms with Crippen LogP contribution in [0.25, 0.3) is 10.9 Å². The van der Waals surface area contributed by atoms with E-state index in [1.807, 2.05) is 0 Å². The molecule has 5 heteroatoms. The summed E-state index contributed by atoms with van der Waals surface area (Å²) in [5, 5.41) is 1.46. The lowest BCUT2D eigenvalue weighted by Crippen LogP contribution is -2.73. The van der Waals surface area contributed by atoms with E-state index >= 15 is 0 Å². The molecule has 0 saturated carbocycles. The predicted octanol–water partition coefficient (Wildman–Crippen LogP) is 5.27. The first kappa shape index (κ1) is 16.6. The van der Waals surface area contributed by atoms with Gasteiger partial charge in [0.1, 0.15) is 0 Å². The molecule has 0 unspecified atom stereocenters. The van der Waals surface area contributed by atoms with Gasteiger partial charge in [-0.2, -0.15) is 0 Å². The highest BCUT2D eigenvalue weighted by Gasteiger charge is 2.73. The average molecular weight is 376 g/mol. The molecule has 2 aromatic rings. The summed E-state index contributed by atoms with van der Waals surface area (Å²) in [6, 6.07) is 9.26. The van der Waals surface area contributed by atoms with Crippen molar-refractivity contribution in [2.45, 2.75) is 100 Å². The van der Waals surface area contributed by atoms with Gasteiger partial charge in [0, 0.05) is 0 Å². The van der Waals surface area contributed by atoms with Gasteiger partial charge in [-0.05, 0) is 23.8 Å². The maximum atomic E-state index is 6.27. The van der Waals surface area contributed by atoms with Gasteiger partial charge < -0.3 is 4.57 Å². The van der Waals surface area contributed by atoms with Crippen molar-refractivity contribution >= 4 is 23.9 Å². The molecule has 28 heavy (non-hydrogen) atoms. The minimum Gasteiger partial charge on any atom is -0.860 e. The van der Waals surface area contributed by atoms with Crippen LogP contribution in [0.3, 0.4) is 0 Å². The number of hydrogen-bond acceptors (Lipinski definition) is 0. The fourth-order valence-electron chi connectivity index (χ4n) is 9.60. The van der Waals surface area contributed by atoms with Crippen LogP contribution in [0.4, 0.5) is 0 Å². The van der Waals surface area contributed by atoms with Crippen LogP contribution in [-0.4, -0.2) is 22.1 Å². The molecule has 1 aromatic heterocycles. The Balaban J connectivity index is 1.54. The molecule has 2 spiro atoms. The number of aromatic nitrogens is 2. The molecular weight excluding hydrogens is 342 g/mol. The molecule has 7 rings (SSSR count). The van der Waals surface area contributed by atoms with Crippen LogP contribution in [0, 0.1) is 0 Å². The number of nitrogens with zero attached hydrogens (tertiary/aromatic N) is 2. The molecule has 0 aliphatic carbocycles. The molecule has 1 N–H and O–H groups in total. The second kappa shape index (κ2) is 5.68. The van der Waals surface area contributed by atoms with Crippen molar-refractivity contribution in [1.82, 2.24) is 4.59 Å². The van der Waals surface area contributed by atoms with Gasteiger partial charge in [-0.1, -0.05) is 101 Å². The first-order valence-electron chi connectivity index (χ1n) is 12.4. The maximum Gasteiger partial charge on any atom is 0.540 e. The standard InChI is InChI=1S/C23H34B2N2O/c1-2-16-23-18(7-1)17-26-24(19-8-3-9-20(24)11-4-10-19)28-25(27(23)26)21-12-5-13-22(25)15-6-14-21/h1-2,7,16-17,19-22,28H,3-6,8-15H2. The second-order valence-corrected chi connectivity index (χ2v) is 11.1. The molecule has 4 saturated heterocycles. The summed E-state index contributed by atoms with van der Waals surface area (Å²) in [6.45, 7) is -1.60. The Morgan fingerprint density at radius 2 is 1.29 bits per heavy atom. The Kier molecular flexibility index (Phi) is 3.36. The molecule has 1 aromatic carbocycles. The van der Waals surface area contributed by atoms with E-state index in [1.165, 1.54) is 88.0 Å². The molecule has 0 atom stereocenters. The van der Waals surface area contributed by atoms with Gasteiger partial charge in [-0.3, -0.25) is 9.19 Å². The molecule has 6 heterocycles. The van der Waals surface area contributed by atoms with Gasteiger partial charge in [0.05, 0.1) is 10.9 Å². The highest BCUT2D eigenvalue weighted by Crippen LogP contribution is 2.60. The largest absolute Gasteiger partial charge is 0.860 e. The van der Waals surface area contributed by atoms with E-state index in [0.29, 0.717) is 0 Å². The van der Waals surface area contributed by atoms with E-state index in [0.717, 1.165) is 23.3 Å². The number of para-hydroxylation sites is 1. The zero-order valence-electron chi connectivity index (χ0n) is 17.2. The summed E-state index contributed by atoms with van der Waals surface area (Å²) < 4.78 is 12.0. The first-order valence-corrected chi connectivity index (χ1v) is 12.4. The van der Waals surface area contributed by atoms with E-state index in [4.69, 9.17) is 4.57 Å². The Hall–Kier alpha value is -1.22. The molecule has 5 aliphatic heterocycles. The second-order valence-electron chi connectivity index (χ2n) is 11.1. The molecule has 148 valence electrons. The Morgan fingerprint density at radius 1 is 0.750 bits per heavy atom. The van der Waals surface area contributed by atoms with Crippen LogP contribution in [0.1, 0.15) is 77.0 Å². The lowest BCUT2D eigenvalue weighted by atomic mass is 9.23. The van der Waals surface area contributed by atoms with Gasteiger partial charge in [0.15, 0.2) is 6.20 Å². The topological polar surface area (TPSA) is 21.6 Å². The number of benzene rings is 1. The minimum atomic E-state index is -0.810. The van der Waals surface area contributed by atoms with Gasteiger partial charge in [-0.25, -0.2) is 0 Å². The van der Waals surface area contributed by atoms with Crippen LogP contribution in [-0.2, 0) is 0 Å². The van der Waals surface area contributed by atoms with Crippen LogP contribution in [0.2, 0.25) is 23.3 Å². The zero-order chi connectivity index (χ0) is 18.3. The molecule has 4 bridgehead atoms. The third-order valence-corrected chi connectivity index (χ3v) is 10.4. The Labute approximate surface area is 168 Å². The van der Waals surface area contributed by atoms with E-state index in [-0.39, 0.29) is 0 Å². The molecule has 5 aliphatic rings. The van der Waals surface area contributed by atoms with E-state index in [2.05, 4.69) is 39.6 Å². The van der Waals surface area contributed by atoms with Gasteiger partial charge >= 0.3 is 13.0 Å². The maximum absolute atomic E-state index is 6.27. The average Bonchev–Trinajstić information content (AvgIpc) is 3.18. The van der Waals surface area contributed by atoms with Crippen LogP contribution >= 0.6 is 0 Å². The van der Waals surface area contributed by atoms with Gasteiger partial charge in [0.25, 0.3) is 0 Å². The molecule has 4 fully saturated rings. The van der Waals surface area contributed by atoms with Crippen molar-refractivity contribution in [3.8, 4) is 0 Å². The monoisotopic (exact) mass is 376 g/mol. The van der Waals surface area contributed by atoms with Crippen molar-refractivity contribution in [2.75, 3.05) is 0 Å². The van der Waals surface area contributed by atoms with Crippen molar-refractivity contribution in [2.24, 2.45) is 0 Å². The fourth-order valence-corrected chi connectivity index (χ4v) is 9.60. The summed E-state index contributed by atoms with van der Waals surface area (Å²) in [5.74, 6) is 3.34. The summed E-state index contributed by atoms with van der Waals surface area (Å²) in [4.78, 5) is 0. The van der Waals surface area contributed by atoms with Crippen LogP contribution < -0.4 is 4.59 Å². The zero-order valence-corrected chi connectivity index (χ0v) is 17.2. The Bertz CT molecular complexity index is 896. The number of rotatable bonds is 0. The Morgan fingerprint density at radius 3 is 1.89 bits per heavy atom. The van der Waals surface area contributed by atoms with E-state index in [1.54, 1.807) is 0 Å². The number of fused-ring (bicyclic) bond motifs is 3. The third kappa shape index (κ3) is 1.82. The van der Waals surface area contributed by atoms with E-state index < -0.39 is 13.0 Å². The quantitative estimate of drug-likeness (QED) is 0.442. The third-order valence-electron chi connectivity index (χ3n) is 10.4. The summed E-state index contributed by atoms with van der Waals surface area (Å²) in [7, 11) is 0.